The predicted octanol–water partition coefficient (Wildman–Crippen LogP) is 3.57. The van der Waals surface area contributed by atoms with E-state index < -0.39 is 0 Å². The summed E-state index contributed by atoms with van der Waals surface area (Å²) in [5.41, 5.74) is 1.98. The van der Waals surface area contributed by atoms with Crippen LogP contribution in [-0.2, 0) is 0 Å². The van der Waals surface area contributed by atoms with Gasteiger partial charge in [0.2, 0.25) is 0 Å². The number of rotatable bonds is 3. The second-order valence-electron chi connectivity index (χ2n) is 3.58. The van der Waals surface area contributed by atoms with Gasteiger partial charge < -0.3 is 9.84 Å². The fourth-order valence-electron chi connectivity index (χ4n) is 1.69. The number of nitrogens with one attached hydrogen (secondary N) is 1. The molecule has 86 valence electrons. The van der Waals surface area contributed by atoms with E-state index in [1.165, 1.54) is 11.3 Å². The summed E-state index contributed by atoms with van der Waals surface area (Å²) >= 11 is 7.24. The molecule has 0 saturated heterocycles. The van der Waals surface area contributed by atoms with Gasteiger partial charge in [0, 0.05) is 10.9 Å². The van der Waals surface area contributed by atoms with Crippen molar-refractivity contribution in [3.63, 3.8) is 0 Å². The van der Waals surface area contributed by atoms with Crippen LogP contribution in [0.5, 0.6) is 0 Å². The molecule has 0 aliphatic rings. The summed E-state index contributed by atoms with van der Waals surface area (Å²) < 4.78 is 5.13. The van der Waals surface area contributed by atoms with Gasteiger partial charge >= 0.3 is 0 Å². The topological polar surface area (TPSA) is 51.0 Å². The van der Waals surface area contributed by atoms with Crippen molar-refractivity contribution < 1.29 is 4.52 Å². The summed E-state index contributed by atoms with van der Waals surface area (Å²) in [7, 11) is 0. The third-order valence-electron chi connectivity index (χ3n) is 2.34. The van der Waals surface area contributed by atoms with Crippen molar-refractivity contribution in [3.05, 3.63) is 27.6 Å². The van der Waals surface area contributed by atoms with Crippen LogP contribution in [0.3, 0.4) is 0 Å². The molecule has 0 radical (unpaired) electrons. The van der Waals surface area contributed by atoms with Gasteiger partial charge in [-0.2, -0.15) is 0 Å². The van der Waals surface area contributed by atoms with Gasteiger partial charge in [-0.05, 0) is 20.8 Å². The second-order valence-corrected chi connectivity index (χ2v) is 4.82. The molecule has 0 aliphatic heterocycles. The molecule has 0 spiro atoms. The van der Waals surface area contributed by atoms with Crippen LogP contribution in [0.2, 0.25) is 5.15 Å². The Morgan fingerprint density at radius 3 is 2.75 bits per heavy atom. The Bertz CT molecular complexity index is 474. The number of hydrogen-bond acceptors (Lipinski definition) is 5. The first-order valence-electron chi connectivity index (χ1n) is 4.88. The van der Waals surface area contributed by atoms with Crippen molar-refractivity contribution in [2.45, 2.75) is 26.8 Å². The van der Waals surface area contributed by atoms with Gasteiger partial charge in [0.25, 0.3) is 0 Å². The molecule has 6 heteroatoms. The smallest absolute Gasteiger partial charge is 0.184 e. The fraction of sp³-hybridized carbons (Fsp3) is 0.400. The average molecular weight is 258 g/mol. The Labute approximate surface area is 103 Å². The lowest BCUT2D eigenvalue weighted by atomic mass is 10.1. The van der Waals surface area contributed by atoms with Crippen LogP contribution in [0.25, 0.3) is 0 Å². The van der Waals surface area contributed by atoms with Crippen molar-refractivity contribution in [2.24, 2.45) is 0 Å². The molecule has 2 aromatic rings. The summed E-state index contributed by atoms with van der Waals surface area (Å²) in [6.45, 7) is 5.88. The maximum atomic E-state index is 5.76. The van der Waals surface area contributed by atoms with Gasteiger partial charge in [0.15, 0.2) is 5.13 Å². The standard InChI is InChI=1S/C10H12ClN3OS/c1-5(9-6(2)14-15-7(9)3)12-10-13-8(11)4-16-10/h4-5H,1-3H3,(H,12,13). The lowest BCUT2D eigenvalue weighted by molar-refractivity contribution is 0.392. The molecule has 2 rings (SSSR count). The molecule has 1 N–H and O–H groups in total. The summed E-state index contributed by atoms with van der Waals surface area (Å²) in [6, 6.07) is 0.105. The van der Waals surface area contributed by atoms with Gasteiger partial charge in [0.1, 0.15) is 10.9 Å². The first-order valence-corrected chi connectivity index (χ1v) is 6.14. The van der Waals surface area contributed by atoms with E-state index in [-0.39, 0.29) is 6.04 Å². The molecule has 0 aliphatic carbocycles. The van der Waals surface area contributed by atoms with Crippen LogP contribution in [0.1, 0.15) is 30.0 Å². The zero-order valence-corrected chi connectivity index (χ0v) is 10.8. The van der Waals surface area contributed by atoms with E-state index in [0.717, 1.165) is 22.1 Å². The quantitative estimate of drug-likeness (QED) is 0.913. The van der Waals surface area contributed by atoms with Crippen molar-refractivity contribution in [1.29, 1.82) is 0 Å². The van der Waals surface area contributed by atoms with E-state index in [2.05, 4.69) is 15.5 Å². The number of hydrogen-bond donors (Lipinski definition) is 1. The van der Waals surface area contributed by atoms with Crippen LogP contribution in [0.15, 0.2) is 9.90 Å². The summed E-state index contributed by atoms with van der Waals surface area (Å²) in [4.78, 5) is 4.14. The van der Waals surface area contributed by atoms with Crippen LogP contribution in [0, 0.1) is 13.8 Å². The molecule has 1 atom stereocenters. The Balaban J connectivity index is 2.17. The van der Waals surface area contributed by atoms with Gasteiger partial charge in [-0.1, -0.05) is 16.8 Å². The first-order chi connectivity index (χ1) is 7.58. The molecular weight excluding hydrogens is 246 g/mol. The SMILES string of the molecule is Cc1noc(C)c1C(C)Nc1nc(Cl)cs1. The third kappa shape index (κ3) is 2.20. The van der Waals surface area contributed by atoms with Gasteiger partial charge in [0.05, 0.1) is 11.7 Å². The maximum Gasteiger partial charge on any atom is 0.184 e. The fourth-order valence-corrected chi connectivity index (χ4v) is 2.61. The minimum Gasteiger partial charge on any atom is -0.361 e. The zero-order chi connectivity index (χ0) is 11.7. The first kappa shape index (κ1) is 11.4. The molecule has 0 aromatic carbocycles. The molecule has 16 heavy (non-hydrogen) atoms. The van der Waals surface area contributed by atoms with E-state index in [1.54, 1.807) is 5.38 Å². The lowest BCUT2D eigenvalue weighted by Crippen LogP contribution is -2.08. The molecule has 4 nitrogen and oxygen atoms in total. The van der Waals surface area contributed by atoms with E-state index in [9.17, 15) is 0 Å². The molecule has 0 saturated carbocycles. The van der Waals surface area contributed by atoms with Crippen LogP contribution in [-0.4, -0.2) is 10.1 Å². The third-order valence-corrected chi connectivity index (χ3v) is 3.43. The molecule has 0 amide bonds. The highest BCUT2D eigenvalue weighted by atomic mass is 35.5. The summed E-state index contributed by atoms with van der Waals surface area (Å²) in [6.07, 6.45) is 0. The summed E-state index contributed by atoms with van der Waals surface area (Å²) in [5.74, 6) is 0.833. The van der Waals surface area contributed by atoms with E-state index in [0.29, 0.717) is 5.15 Å². The van der Waals surface area contributed by atoms with E-state index >= 15 is 0 Å². The number of nitrogens with zero attached hydrogens (tertiary/aromatic N) is 2. The molecule has 1 unspecified atom stereocenters. The molecule has 2 aromatic heterocycles. The van der Waals surface area contributed by atoms with Crippen LogP contribution >= 0.6 is 22.9 Å². The number of aromatic nitrogens is 2. The second kappa shape index (κ2) is 4.43. The molecule has 0 bridgehead atoms. The van der Waals surface area contributed by atoms with E-state index in [4.69, 9.17) is 16.1 Å². The van der Waals surface area contributed by atoms with Crippen molar-refractivity contribution in [3.8, 4) is 0 Å². The average Bonchev–Trinajstić information content (AvgIpc) is 2.74. The number of halogens is 1. The van der Waals surface area contributed by atoms with Gasteiger partial charge in [-0.15, -0.1) is 11.3 Å². The molecular formula is C10H12ClN3OS. The highest BCUT2D eigenvalue weighted by molar-refractivity contribution is 7.14. The Morgan fingerprint density at radius 2 is 2.25 bits per heavy atom. The Morgan fingerprint density at radius 1 is 1.50 bits per heavy atom. The zero-order valence-electron chi connectivity index (χ0n) is 9.24. The van der Waals surface area contributed by atoms with E-state index in [1.807, 2.05) is 20.8 Å². The van der Waals surface area contributed by atoms with Crippen LogP contribution < -0.4 is 5.32 Å². The maximum absolute atomic E-state index is 5.76. The summed E-state index contributed by atoms with van der Waals surface area (Å²) in [5, 5.41) is 10.3. The van der Waals surface area contributed by atoms with Crippen molar-refractivity contribution in [2.75, 3.05) is 5.32 Å². The van der Waals surface area contributed by atoms with Crippen molar-refractivity contribution in [1.82, 2.24) is 10.1 Å². The normalized spacial score (nSPS) is 12.8. The number of thiazole rings is 1. The minimum absolute atomic E-state index is 0.105. The van der Waals surface area contributed by atoms with Gasteiger partial charge in [-0.3, -0.25) is 0 Å². The predicted molar refractivity (Wildman–Crippen MR) is 65.1 cm³/mol. The lowest BCUT2D eigenvalue weighted by Gasteiger charge is -2.12. The molecule has 2 heterocycles. The van der Waals surface area contributed by atoms with Crippen molar-refractivity contribution >= 4 is 28.1 Å². The molecule has 0 fully saturated rings. The highest BCUT2D eigenvalue weighted by Gasteiger charge is 2.17. The monoisotopic (exact) mass is 257 g/mol. The highest BCUT2D eigenvalue weighted by Crippen LogP contribution is 2.27. The minimum atomic E-state index is 0.105. The number of aryl methyl sites for hydroxylation is 2. The Kier molecular flexibility index (Phi) is 3.16. The number of anilines is 1. The Hall–Kier alpha value is -1.07. The largest absolute Gasteiger partial charge is 0.361 e. The van der Waals surface area contributed by atoms with Gasteiger partial charge in [-0.25, -0.2) is 4.98 Å². The van der Waals surface area contributed by atoms with Crippen LogP contribution in [0.4, 0.5) is 5.13 Å².